The molecule has 3 heterocycles. The number of carbonyl (C=O) groups is 2. The number of halogens is 2. The minimum Gasteiger partial charge on any atom is -0.327 e. The lowest BCUT2D eigenvalue weighted by Gasteiger charge is -2.34. The van der Waals surface area contributed by atoms with Gasteiger partial charge in [-0.15, -0.1) is 0 Å². The van der Waals surface area contributed by atoms with Crippen LogP contribution >= 0.6 is 0 Å². The third kappa shape index (κ3) is 2.67. The number of alkyl halides is 2. The van der Waals surface area contributed by atoms with Crippen LogP contribution in [0.25, 0.3) is 0 Å². The van der Waals surface area contributed by atoms with Gasteiger partial charge >= 0.3 is 6.03 Å². The van der Waals surface area contributed by atoms with Crippen molar-refractivity contribution in [3.63, 3.8) is 0 Å². The Hall–Kier alpha value is -1.48. The Morgan fingerprint density at radius 2 is 2.24 bits per heavy atom. The largest absolute Gasteiger partial charge is 0.327 e. The molecule has 9 heteroatoms. The molecule has 0 radical (unpaired) electrons. The molecule has 3 rings (SSSR count). The Labute approximate surface area is 120 Å². The van der Waals surface area contributed by atoms with E-state index in [2.05, 4.69) is 10.8 Å². The first kappa shape index (κ1) is 14.5. The summed E-state index contributed by atoms with van der Waals surface area (Å²) in [5.41, 5.74) is 2.24. The van der Waals surface area contributed by atoms with Crippen LogP contribution < -0.4 is 10.8 Å². The molecule has 0 saturated carbocycles. The quantitative estimate of drug-likeness (QED) is 0.692. The summed E-state index contributed by atoms with van der Waals surface area (Å²) in [4.78, 5) is 32.1. The van der Waals surface area contributed by atoms with Crippen molar-refractivity contribution in [2.75, 3.05) is 26.7 Å². The predicted molar refractivity (Wildman–Crippen MR) is 67.5 cm³/mol. The Bertz CT molecular complexity index is 462. The van der Waals surface area contributed by atoms with Crippen molar-refractivity contribution in [1.82, 2.24) is 20.6 Å². The third-order valence-electron chi connectivity index (χ3n) is 4.27. The van der Waals surface area contributed by atoms with Gasteiger partial charge in [0, 0.05) is 26.1 Å². The van der Waals surface area contributed by atoms with Gasteiger partial charge in [0.25, 0.3) is 11.8 Å². The first-order valence-corrected chi connectivity index (χ1v) is 6.96. The summed E-state index contributed by atoms with van der Waals surface area (Å²) < 4.78 is 27.6. The maximum Gasteiger partial charge on any atom is 0.318 e. The molecule has 2 N–H and O–H groups in total. The predicted octanol–water partition coefficient (Wildman–Crippen LogP) is -0.460. The molecule has 21 heavy (non-hydrogen) atoms. The van der Waals surface area contributed by atoms with E-state index in [0.29, 0.717) is 6.54 Å². The SMILES string of the molecule is CN1CCC(ONC(=O)C2CC(F)(F)C3CN2C(=O)N3)C1. The molecule has 3 unspecified atom stereocenters. The smallest absolute Gasteiger partial charge is 0.318 e. The summed E-state index contributed by atoms with van der Waals surface area (Å²) in [5, 5.41) is 2.20. The third-order valence-corrected chi connectivity index (χ3v) is 4.27. The van der Waals surface area contributed by atoms with Gasteiger partial charge in [0.2, 0.25) is 0 Å². The Kier molecular flexibility index (Phi) is 3.48. The highest BCUT2D eigenvalue weighted by Gasteiger charge is 2.56. The number of fused-ring (bicyclic) bond motifs is 2. The molecule has 3 fully saturated rings. The Morgan fingerprint density at radius 3 is 2.90 bits per heavy atom. The van der Waals surface area contributed by atoms with Gasteiger partial charge in [-0.05, 0) is 13.5 Å². The van der Waals surface area contributed by atoms with Gasteiger partial charge in [0.15, 0.2) is 0 Å². The first-order chi connectivity index (χ1) is 9.87. The molecule has 0 aliphatic carbocycles. The van der Waals surface area contributed by atoms with E-state index in [0.717, 1.165) is 17.9 Å². The van der Waals surface area contributed by atoms with Crippen LogP contribution in [0.4, 0.5) is 13.6 Å². The van der Waals surface area contributed by atoms with Crippen LogP contribution in [-0.4, -0.2) is 72.5 Å². The zero-order valence-corrected chi connectivity index (χ0v) is 11.6. The lowest BCUT2D eigenvalue weighted by molar-refractivity contribution is -0.149. The monoisotopic (exact) mass is 304 g/mol. The summed E-state index contributed by atoms with van der Waals surface area (Å²) in [7, 11) is 1.93. The number of nitrogens with zero attached hydrogens (tertiary/aromatic N) is 2. The van der Waals surface area contributed by atoms with Crippen LogP contribution in [0.1, 0.15) is 12.8 Å². The van der Waals surface area contributed by atoms with Gasteiger partial charge in [-0.25, -0.2) is 19.1 Å². The zero-order valence-electron chi connectivity index (χ0n) is 11.6. The average molecular weight is 304 g/mol. The lowest BCUT2D eigenvalue weighted by atomic mass is 9.96. The average Bonchev–Trinajstić information content (AvgIpc) is 2.97. The number of hydroxylamine groups is 1. The van der Waals surface area contributed by atoms with Gasteiger partial charge in [0.05, 0.1) is 6.10 Å². The molecule has 7 nitrogen and oxygen atoms in total. The van der Waals surface area contributed by atoms with E-state index in [1.165, 1.54) is 0 Å². The molecule has 3 saturated heterocycles. The number of likely N-dealkylation sites (N-methyl/N-ethyl adjacent to an activating group) is 1. The van der Waals surface area contributed by atoms with E-state index in [1.54, 1.807) is 0 Å². The minimum absolute atomic E-state index is 0.150. The summed E-state index contributed by atoms with van der Waals surface area (Å²) in [6.45, 7) is 1.38. The number of piperidine rings is 1. The maximum absolute atomic E-state index is 13.8. The topological polar surface area (TPSA) is 73.9 Å². The second-order valence-electron chi connectivity index (χ2n) is 5.89. The van der Waals surface area contributed by atoms with E-state index in [-0.39, 0.29) is 12.6 Å². The zero-order chi connectivity index (χ0) is 15.2. The summed E-state index contributed by atoms with van der Waals surface area (Å²) in [6.07, 6.45) is -0.0664. The summed E-state index contributed by atoms with van der Waals surface area (Å²) in [5.74, 6) is -3.78. The van der Waals surface area contributed by atoms with Crippen LogP contribution in [-0.2, 0) is 9.63 Å². The number of rotatable bonds is 3. The first-order valence-electron chi connectivity index (χ1n) is 6.96. The Balaban J connectivity index is 1.60. The van der Waals surface area contributed by atoms with Crippen LogP contribution in [0.2, 0.25) is 0 Å². The molecule has 3 amide bonds. The van der Waals surface area contributed by atoms with Crippen molar-refractivity contribution < 1.29 is 23.2 Å². The Morgan fingerprint density at radius 1 is 1.48 bits per heavy atom. The van der Waals surface area contributed by atoms with Gasteiger partial charge in [-0.1, -0.05) is 0 Å². The molecular formula is C12H18F2N4O3. The van der Waals surface area contributed by atoms with E-state index in [4.69, 9.17) is 4.84 Å². The van der Waals surface area contributed by atoms with E-state index in [1.807, 2.05) is 11.9 Å². The fourth-order valence-electron chi connectivity index (χ4n) is 3.01. The van der Waals surface area contributed by atoms with Crippen molar-refractivity contribution in [3.05, 3.63) is 0 Å². The van der Waals surface area contributed by atoms with Gasteiger partial charge < -0.3 is 15.1 Å². The lowest BCUT2D eigenvalue weighted by Crippen LogP contribution is -2.56. The summed E-state index contributed by atoms with van der Waals surface area (Å²) >= 11 is 0. The maximum atomic E-state index is 13.8. The summed E-state index contributed by atoms with van der Waals surface area (Å²) in [6, 6.07) is -3.03. The van der Waals surface area contributed by atoms with Crippen molar-refractivity contribution in [3.8, 4) is 0 Å². The molecule has 0 spiro atoms. The highest BCUT2D eigenvalue weighted by molar-refractivity contribution is 5.88. The molecule has 3 atom stereocenters. The number of likely N-dealkylation sites (tertiary alicyclic amines) is 1. The number of amides is 3. The molecule has 3 aliphatic heterocycles. The molecule has 2 bridgehead atoms. The highest BCUT2D eigenvalue weighted by atomic mass is 19.3. The molecule has 0 aromatic rings. The van der Waals surface area contributed by atoms with Gasteiger partial charge in [-0.3, -0.25) is 9.63 Å². The van der Waals surface area contributed by atoms with E-state index in [9.17, 15) is 18.4 Å². The second kappa shape index (κ2) is 5.06. The number of nitrogens with one attached hydrogen (secondary N) is 2. The van der Waals surface area contributed by atoms with Gasteiger partial charge in [-0.2, -0.15) is 0 Å². The van der Waals surface area contributed by atoms with Crippen molar-refractivity contribution >= 4 is 11.9 Å². The molecule has 3 aliphatic rings. The highest BCUT2D eigenvalue weighted by Crippen LogP contribution is 2.35. The van der Waals surface area contributed by atoms with Crippen molar-refractivity contribution in [1.29, 1.82) is 0 Å². The second-order valence-corrected chi connectivity index (χ2v) is 5.89. The molecule has 118 valence electrons. The molecule has 0 aromatic carbocycles. The standard InChI is InChI=1S/C12H18F2N4O3/c1-17-3-2-7(5-17)21-16-10(19)8-4-12(13,14)9-6-18(8)11(20)15-9/h7-9H,2-6H2,1H3,(H,15,20)(H,16,19). The van der Waals surface area contributed by atoms with Crippen LogP contribution in [0.5, 0.6) is 0 Å². The number of hydrogen-bond donors (Lipinski definition) is 2. The minimum atomic E-state index is -3.09. The van der Waals surface area contributed by atoms with Crippen molar-refractivity contribution in [2.24, 2.45) is 0 Å². The van der Waals surface area contributed by atoms with Crippen LogP contribution in [0.15, 0.2) is 0 Å². The van der Waals surface area contributed by atoms with Crippen LogP contribution in [0, 0.1) is 0 Å². The molecular weight excluding hydrogens is 286 g/mol. The number of hydrogen-bond acceptors (Lipinski definition) is 4. The fourth-order valence-corrected chi connectivity index (χ4v) is 3.01. The fraction of sp³-hybridized carbons (Fsp3) is 0.833. The van der Waals surface area contributed by atoms with E-state index >= 15 is 0 Å². The van der Waals surface area contributed by atoms with Crippen LogP contribution in [0.3, 0.4) is 0 Å². The van der Waals surface area contributed by atoms with E-state index < -0.39 is 36.4 Å². The number of urea groups is 1. The van der Waals surface area contributed by atoms with Gasteiger partial charge in [0.1, 0.15) is 12.1 Å². The number of carbonyl (C=O) groups excluding carboxylic acids is 2. The van der Waals surface area contributed by atoms with Crippen molar-refractivity contribution in [2.45, 2.75) is 37.0 Å². The normalized spacial score (nSPS) is 34.9. The molecule has 0 aromatic heterocycles.